The van der Waals surface area contributed by atoms with Gasteiger partial charge in [-0.05, 0) is 12.1 Å². The van der Waals surface area contributed by atoms with Crippen LogP contribution in [0.3, 0.4) is 0 Å². The van der Waals surface area contributed by atoms with Crippen LogP contribution < -0.4 is 0 Å². The highest BCUT2D eigenvalue weighted by atomic mass is 32.2. The van der Waals surface area contributed by atoms with Crippen molar-refractivity contribution in [2.75, 3.05) is 24.6 Å². The van der Waals surface area contributed by atoms with Crippen LogP contribution in [0, 0.1) is 5.82 Å². The SMILES string of the molecule is O=C(c1ccc(O)cc1F)N1CCS(=O)CC1. The van der Waals surface area contributed by atoms with Crippen molar-refractivity contribution in [1.82, 2.24) is 4.90 Å². The van der Waals surface area contributed by atoms with Crippen molar-refractivity contribution in [3.63, 3.8) is 0 Å². The summed E-state index contributed by atoms with van der Waals surface area (Å²) in [6.45, 7) is 0.761. The Labute approximate surface area is 101 Å². The molecule has 0 spiro atoms. The van der Waals surface area contributed by atoms with Crippen molar-refractivity contribution < 1.29 is 18.5 Å². The summed E-state index contributed by atoms with van der Waals surface area (Å²) >= 11 is 0. The van der Waals surface area contributed by atoms with Crippen LogP contribution in [0.2, 0.25) is 0 Å². The quantitative estimate of drug-likeness (QED) is 0.807. The number of benzene rings is 1. The van der Waals surface area contributed by atoms with Gasteiger partial charge in [-0.3, -0.25) is 9.00 Å². The molecular formula is C11H12FNO3S. The van der Waals surface area contributed by atoms with Crippen LogP contribution in [0.15, 0.2) is 18.2 Å². The van der Waals surface area contributed by atoms with Gasteiger partial charge in [0.15, 0.2) is 0 Å². The minimum Gasteiger partial charge on any atom is -0.508 e. The lowest BCUT2D eigenvalue weighted by Gasteiger charge is -2.26. The number of nitrogens with zero attached hydrogens (tertiary/aromatic N) is 1. The summed E-state index contributed by atoms with van der Waals surface area (Å²) in [5.41, 5.74) is -0.0597. The third-order valence-electron chi connectivity index (χ3n) is 2.65. The third-order valence-corrected chi connectivity index (χ3v) is 3.92. The Morgan fingerprint density at radius 2 is 2.00 bits per heavy atom. The first kappa shape index (κ1) is 12.0. The van der Waals surface area contributed by atoms with E-state index in [0.717, 1.165) is 6.07 Å². The Kier molecular flexibility index (Phi) is 3.42. The van der Waals surface area contributed by atoms with E-state index >= 15 is 0 Å². The summed E-state index contributed by atoms with van der Waals surface area (Å²) in [5.74, 6) is -0.489. The average Bonchev–Trinajstić information content (AvgIpc) is 2.29. The number of phenols is 1. The Morgan fingerprint density at radius 3 is 2.59 bits per heavy atom. The third kappa shape index (κ3) is 2.63. The van der Waals surface area contributed by atoms with E-state index in [1.54, 1.807) is 0 Å². The van der Waals surface area contributed by atoms with Gasteiger partial charge in [0.2, 0.25) is 0 Å². The molecule has 0 radical (unpaired) electrons. The Balaban J connectivity index is 2.16. The minimum atomic E-state index is -0.870. The molecule has 0 atom stereocenters. The van der Waals surface area contributed by atoms with Gasteiger partial charge >= 0.3 is 0 Å². The van der Waals surface area contributed by atoms with Gasteiger partial charge in [0.05, 0.1) is 5.56 Å². The Morgan fingerprint density at radius 1 is 1.35 bits per heavy atom. The highest BCUT2D eigenvalue weighted by molar-refractivity contribution is 7.85. The zero-order chi connectivity index (χ0) is 12.4. The number of phenolic OH excluding ortho intramolecular Hbond substituents is 1. The van der Waals surface area contributed by atoms with Crippen LogP contribution in [0.25, 0.3) is 0 Å². The molecule has 0 unspecified atom stereocenters. The maximum Gasteiger partial charge on any atom is 0.256 e. The molecule has 1 aliphatic rings. The van der Waals surface area contributed by atoms with Crippen molar-refractivity contribution in [2.24, 2.45) is 0 Å². The molecule has 1 aromatic carbocycles. The molecule has 1 N–H and O–H groups in total. The largest absolute Gasteiger partial charge is 0.508 e. The van der Waals surface area contributed by atoms with E-state index in [4.69, 9.17) is 5.11 Å². The van der Waals surface area contributed by atoms with E-state index in [-0.39, 0.29) is 11.3 Å². The maximum atomic E-state index is 13.5. The molecule has 1 fully saturated rings. The van der Waals surface area contributed by atoms with Crippen LogP contribution in [0.1, 0.15) is 10.4 Å². The predicted molar refractivity (Wildman–Crippen MR) is 61.8 cm³/mol. The van der Waals surface area contributed by atoms with Gasteiger partial charge in [-0.25, -0.2) is 4.39 Å². The van der Waals surface area contributed by atoms with Crippen molar-refractivity contribution in [2.45, 2.75) is 0 Å². The lowest BCUT2D eigenvalue weighted by Crippen LogP contribution is -2.42. The number of amides is 1. The van der Waals surface area contributed by atoms with Crippen molar-refractivity contribution >= 4 is 16.7 Å². The standard InChI is InChI=1S/C11H12FNO3S/c12-10-7-8(14)1-2-9(10)11(15)13-3-5-17(16)6-4-13/h1-2,7,14H,3-6H2. The van der Waals surface area contributed by atoms with Gasteiger partial charge in [-0.1, -0.05) is 0 Å². The second-order valence-electron chi connectivity index (χ2n) is 3.80. The van der Waals surface area contributed by atoms with Gasteiger partial charge in [-0.15, -0.1) is 0 Å². The molecule has 1 aromatic rings. The second-order valence-corrected chi connectivity index (χ2v) is 5.50. The normalized spacial score (nSPS) is 17.1. The Bertz CT molecular complexity index is 468. The molecule has 4 nitrogen and oxygen atoms in total. The molecule has 92 valence electrons. The number of carbonyl (C=O) groups is 1. The molecule has 17 heavy (non-hydrogen) atoms. The van der Waals surface area contributed by atoms with Crippen molar-refractivity contribution in [3.05, 3.63) is 29.6 Å². The maximum absolute atomic E-state index is 13.5. The first-order chi connectivity index (χ1) is 8.08. The van der Waals surface area contributed by atoms with Crippen LogP contribution in [0.4, 0.5) is 4.39 Å². The molecule has 0 aliphatic carbocycles. The lowest BCUT2D eigenvalue weighted by atomic mass is 10.1. The fourth-order valence-electron chi connectivity index (χ4n) is 1.69. The smallest absolute Gasteiger partial charge is 0.256 e. The molecule has 1 saturated heterocycles. The van der Waals surface area contributed by atoms with Gasteiger partial charge in [0, 0.05) is 41.5 Å². The van der Waals surface area contributed by atoms with Crippen LogP contribution in [0.5, 0.6) is 5.75 Å². The van der Waals surface area contributed by atoms with Crippen molar-refractivity contribution in [1.29, 1.82) is 0 Å². The molecule has 6 heteroatoms. The zero-order valence-corrected chi connectivity index (χ0v) is 9.87. The number of halogens is 1. The summed E-state index contributed by atoms with van der Waals surface area (Å²) in [7, 11) is -0.870. The van der Waals surface area contributed by atoms with E-state index in [2.05, 4.69) is 0 Å². The first-order valence-electron chi connectivity index (χ1n) is 5.20. The number of hydrogen-bond donors (Lipinski definition) is 1. The highest BCUT2D eigenvalue weighted by Gasteiger charge is 2.23. The van der Waals surface area contributed by atoms with Gasteiger partial charge in [-0.2, -0.15) is 0 Å². The highest BCUT2D eigenvalue weighted by Crippen LogP contribution is 2.17. The van der Waals surface area contributed by atoms with Crippen LogP contribution in [-0.4, -0.2) is 44.7 Å². The predicted octanol–water partition coefficient (Wildman–Crippen LogP) is 0.736. The molecule has 0 bridgehead atoms. The van der Waals surface area contributed by atoms with Gasteiger partial charge in [0.25, 0.3) is 5.91 Å². The first-order valence-corrected chi connectivity index (χ1v) is 6.69. The molecule has 1 aliphatic heterocycles. The number of rotatable bonds is 1. The number of carbonyl (C=O) groups excluding carboxylic acids is 1. The van der Waals surface area contributed by atoms with E-state index < -0.39 is 22.5 Å². The summed E-state index contributed by atoms with van der Waals surface area (Å²) in [5, 5.41) is 9.06. The van der Waals surface area contributed by atoms with Crippen LogP contribution in [-0.2, 0) is 10.8 Å². The van der Waals surface area contributed by atoms with Gasteiger partial charge < -0.3 is 10.0 Å². The van der Waals surface area contributed by atoms with E-state index in [1.165, 1.54) is 17.0 Å². The number of aromatic hydroxyl groups is 1. The van der Waals surface area contributed by atoms with E-state index in [9.17, 15) is 13.4 Å². The van der Waals surface area contributed by atoms with Crippen molar-refractivity contribution in [3.8, 4) is 5.75 Å². The topological polar surface area (TPSA) is 57.6 Å². The van der Waals surface area contributed by atoms with E-state index in [1.807, 2.05) is 0 Å². The number of hydrogen-bond acceptors (Lipinski definition) is 3. The molecular weight excluding hydrogens is 245 g/mol. The average molecular weight is 257 g/mol. The van der Waals surface area contributed by atoms with Gasteiger partial charge in [0.1, 0.15) is 11.6 Å². The fourth-order valence-corrected chi connectivity index (χ4v) is 2.74. The molecule has 0 saturated carbocycles. The molecule has 0 aromatic heterocycles. The summed E-state index contributed by atoms with van der Waals surface area (Å²) in [6.07, 6.45) is 0. The molecule has 1 heterocycles. The zero-order valence-electron chi connectivity index (χ0n) is 9.06. The molecule has 1 amide bonds. The summed E-state index contributed by atoms with van der Waals surface area (Å²) in [4.78, 5) is 13.4. The lowest BCUT2D eigenvalue weighted by molar-refractivity contribution is 0.0766. The summed E-state index contributed by atoms with van der Waals surface area (Å²) < 4.78 is 24.6. The molecule has 2 rings (SSSR count). The summed E-state index contributed by atoms with van der Waals surface area (Å²) in [6, 6.07) is 3.45. The minimum absolute atomic E-state index is 0.0597. The second kappa shape index (κ2) is 4.83. The fraction of sp³-hybridized carbons (Fsp3) is 0.364. The Hall–Kier alpha value is -1.43. The van der Waals surface area contributed by atoms with E-state index in [0.29, 0.717) is 24.6 Å². The monoisotopic (exact) mass is 257 g/mol. The van der Waals surface area contributed by atoms with Crippen LogP contribution >= 0.6 is 0 Å².